The molecule has 2 nitrogen and oxygen atoms in total. The maximum absolute atomic E-state index is 12.8. The number of halogens is 3. The zero-order valence-electron chi connectivity index (χ0n) is 14.1. The van der Waals surface area contributed by atoms with Crippen LogP contribution in [0.15, 0.2) is 30.3 Å². The number of thiazole rings is 1. The largest absolute Gasteiger partial charge is 0.391 e. The standard InChI is InChI=1S/C19H22F3NOS/c1-12-17(16(24)11-13-5-3-2-4-6-13)25-18(23-12)14-7-9-15(10-8-14)19(20,21)22/h2-6,14-16,24H,7-11H2,1H3/t14-,15-,16?. The summed E-state index contributed by atoms with van der Waals surface area (Å²) in [6.45, 7) is 1.87. The van der Waals surface area contributed by atoms with Gasteiger partial charge in [-0.15, -0.1) is 11.3 Å². The third-order valence-corrected chi connectivity index (χ3v) is 6.38. The molecule has 1 N–H and O–H groups in total. The molecular formula is C19H22F3NOS. The Kier molecular flexibility index (Phi) is 5.49. The maximum Gasteiger partial charge on any atom is 0.391 e. The van der Waals surface area contributed by atoms with Crippen LogP contribution in [0, 0.1) is 12.8 Å². The number of nitrogens with zero attached hydrogens (tertiary/aromatic N) is 1. The molecule has 3 rings (SSSR count). The lowest BCUT2D eigenvalue weighted by atomic mass is 9.82. The molecule has 1 aromatic carbocycles. The van der Waals surface area contributed by atoms with E-state index in [1.807, 2.05) is 37.3 Å². The molecule has 1 saturated carbocycles. The molecule has 0 saturated heterocycles. The second-order valence-electron chi connectivity index (χ2n) is 6.80. The lowest BCUT2D eigenvalue weighted by molar-refractivity contribution is -0.182. The third kappa shape index (κ3) is 4.42. The molecule has 0 amide bonds. The fourth-order valence-corrected chi connectivity index (χ4v) is 4.73. The Bertz CT molecular complexity index is 690. The third-order valence-electron chi connectivity index (χ3n) is 4.96. The normalized spacial score (nSPS) is 22.8. The lowest BCUT2D eigenvalue weighted by Gasteiger charge is -2.28. The van der Waals surface area contributed by atoms with Gasteiger partial charge in [-0.1, -0.05) is 30.3 Å². The van der Waals surface area contributed by atoms with Crippen LogP contribution in [0.1, 0.15) is 58.8 Å². The van der Waals surface area contributed by atoms with E-state index in [0.717, 1.165) is 21.1 Å². The summed E-state index contributed by atoms with van der Waals surface area (Å²) in [5.41, 5.74) is 1.84. The van der Waals surface area contributed by atoms with E-state index >= 15 is 0 Å². The number of rotatable bonds is 4. The SMILES string of the molecule is Cc1nc([C@H]2CC[C@H](C(F)(F)F)CC2)sc1C(O)Cc1ccccc1. The van der Waals surface area contributed by atoms with Gasteiger partial charge in [0.15, 0.2) is 0 Å². The Morgan fingerprint density at radius 2 is 1.80 bits per heavy atom. The summed E-state index contributed by atoms with van der Waals surface area (Å²) in [6.07, 6.45) is -2.80. The Labute approximate surface area is 149 Å². The van der Waals surface area contributed by atoms with Crippen LogP contribution >= 0.6 is 11.3 Å². The van der Waals surface area contributed by atoms with Crippen molar-refractivity contribution in [3.63, 3.8) is 0 Å². The second-order valence-corrected chi connectivity index (χ2v) is 7.86. The van der Waals surface area contributed by atoms with E-state index in [1.165, 1.54) is 11.3 Å². The lowest BCUT2D eigenvalue weighted by Crippen LogP contribution is -2.27. The van der Waals surface area contributed by atoms with Crippen molar-refractivity contribution >= 4 is 11.3 Å². The molecule has 1 aromatic heterocycles. The number of aryl methyl sites for hydroxylation is 1. The zero-order chi connectivity index (χ0) is 18.0. The van der Waals surface area contributed by atoms with Crippen molar-refractivity contribution in [1.29, 1.82) is 0 Å². The molecular weight excluding hydrogens is 347 g/mol. The average molecular weight is 369 g/mol. The molecule has 0 spiro atoms. The van der Waals surface area contributed by atoms with Crippen molar-refractivity contribution in [2.75, 3.05) is 0 Å². The fourth-order valence-electron chi connectivity index (χ4n) is 3.51. The molecule has 2 aromatic rings. The first-order valence-corrected chi connectivity index (χ1v) is 9.42. The van der Waals surface area contributed by atoms with Crippen molar-refractivity contribution in [3.05, 3.63) is 51.5 Å². The molecule has 0 radical (unpaired) electrons. The smallest absolute Gasteiger partial charge is 0.387 e. The first-order chi connectivity index (χ1) is 11.8. The molecule has 0 bridgehead atoms. The van der Waals surface area contributed by atoms with Crippen molar-refractivity contribution in [3.8, 4) is 0 Å². The van der Waals surface area contributed by atoms with E-state index in [-0.39, 0.29) is 18.8 Å². The number of aliphatic hydroxyl groups is 1. The highest BCUT2D eigenvalue weighted by atomic mass is 32.1. The maximum atomic E-state index is 12.8. The van der Waals surface area contributed by atoms with E-state index in [0.29, 0.717) is 19.3 Å². The Morgan fingerprint density at radius 3 is 2.40 bits per heavy atom. The monoisotopic (exact) mass is 369 g/mol. The van der Waals surface area contributed by atoms with E-state index < -0.39 is 18.2 Å². The Balaban J connectivity index is 1.66. The minimum absolute atomic E-state index is 0.0833. The Morgan fingerprint density at radius 1 is 1.16 bits per heavy atom. The number of aromatic nitrogens is 1. The summed E-state index contributed by atoms with van der Waals surface area (Å²) >= 11 is 1.46. The van der Waals surface area contributed by atoms with Gasteiger partial charge >= 0.3 is 6.18 Å². The predicted molar refractivity (Wildman–Crippen MR) is 92.7 cm³/mol. The summed E-state index contributed by atoms with van der Waals surface area (Å²) < 4.78 is 38.4. The summed E-state index contributed by atoms with van der Waals surface area (Å²) in [5, 5.41) is 11.4. The minimum atomic E-state index is -4.08. The van der Waals surface area contributed by atoms with Crippen LogP contribution in [-0.4, -0.2) is 16.3 Å². The van der Waals surface area contributed by atoms with Crippen molar-refractivity contribution in [1.82, 2.24) is 4.98 Å². The van der Waals surface area contributed by atoms with Gasteiger partial charge in [-0.2, -0.15) is 13.2 Å². The molecule has 1 unspecified atom stereocenters. The second kappa shape index (κ2) is 7.46. The van der Waals surface area contributed by atoms with Gasteiger partial charge in [-0.25, -0.2) is 4.98 Å². The van der Waals surface area contributed by atoms with Gasteiger partial charge in [0.05, 0.1) is 27.6 Å². The van der Waals surface area contributed by atoms with Crippen LogP contribution < -0.4 is 0 Å². The van der Waals surface area contributed by atoms with Gasteiger partial charge in [0.25, 0.3) is 0 Å². The zero-order valence-corrected chi connectivity index (χ0v) is 14.9. The summed E-state index contributed by atoms with van der Waals surface area (Å²) in [7, 11) is 0. The molecule has 1 aliphatic rings. The van der Waals surface area contributed by atoms with E-state index in [1.54, 1.807) is 0 Å². The molecule has 0 aliphatic heterocycles. The molecule has 1 aliphatic carbocycles. The number of hydrogen-bond acceptors (Lipinski definition) is 3. The number of benzene rings is 1. The molecule has 1 atom stereocenters. The van der Waals surface area contributed by atoms with E-state index in [4.69, 9.17) is 0 Å². The topological polar surface area (TPSA) is 33.1 Å². The van der Waals surface area contributed by atoms with Crippen LogP contribution in [-0.2, 0) is 6.42 Å². The van der Waals surface area contributed by atoms with Gasteiger partial charge in [-0.05, 0) is 38.2 Å². The first kappa shape index (κ1) is 18.4. The number of hydrogen-bond donors (Lipinski definition) is 1. The van der Waals surface area contributed by atoms with Gasteiger partial charge in [0.2, 0.25) is 0 Å². The van der Waals surface area contributed by atoms with Crippen LogP contribution in [0.25, 0.3) is 0 Å². The van der Waals surface area contributed by atoms with Crippen LogP contribution in [0.4, 0.5) is 13.2 Å². The first-order valence-electron chi connectivity index (χ1n) is 8.60. The summed E-state index contributed by atoms with van der Waals surface area (Å²) in [4.78, 5) is 5.39. The quantitative estimate of drug-likeness (QED) is 0.765. The summed E-state index contributed by atoms with van der Waals surface area (Å²) in [6, 6.07) is 9.75. The van der Waals surface area contributed by atoms with Crippen LogP contribution in [0.2, 0.25) is 0 Å². The number of aliphatic hydroxyl groups excluding tert-OH is 1. The van der Waals surface area contributed by atoms with Gasteiger partial charge in [0, 0.05) is 12.3 Å². The van der Waals surface area contributed by atoms with E-state index in [9.17, 15) is 18.3 Å². The fraction of sp³-hybridized carbons (Fsp3) is 0.526. The minimum Gasteiger partial charge on any atom is -0.387 e. The highest BCUT2D eigenvalue weighted by Crippen LogP contribution is 2.44. The molecule has 136 valence electrons. The molecule has 6 heteroatoms. The van der Waals surface area contributed by atoms with Crippen molar-refractivity contribution in [2.45, 2.75) is 57.2 Å². The van der Waals surface area contributed by atoms with Gasteiger partial charge in [-0.3, -0.25) is 0 Å². The van der Waals surface area contributed by atoms with Gasteiger partial charge in [0.1, 0.15) is 0 Å². The summed E-state index contributed by atoms with van der Waals surface area (Å²) in [5.74, 6) is -1.09. The molecule has 1 heterocycles. The van der Waals surface area contributed by atoms with Crippen molar-refractivity contribution < 1.29 is 18.3 Å². The van der Waals surface area contributed by atoms with Crippen LogP contribution in [0.3, 0.4) is 0 Å². The average Bonchev–Trinajstić information content (AvgIpc) is 2.97. The highest BCUT2D eigenvalue weighted by molar-refractivity contribution is 7.11. The van der Waals surface area contributed by atoms with E-state index in [2.05, 4.69) is 4.98 Å². The predicted octanol–water partition coefficient (Wildman–Crippen LogP) is 5.56. The Hall–Kier alpha value is -1.40. The van der Waals surface area contributed by atoms with Gasteiger partial charge < -0.3 is 5.11 Å². The molecule has 1 fully saturated rings. The highest BCUT2D eigenvalue weighted by Gasteiger charge is 2.42. The number of alkyl halides is 3. The van der Waals surface area contributed by atoms with Crippen molar-refractivity contribution in [2.24, 2.45) is 5.92 Å². The molecule has 25 heavy (non-hydrogen) atoms. The van der Waals surface area contributed by atoms with Crippen LogP contribution in [0.5, 0.6) is 0 Å².